The summed E-state index contributed by atoms with van der Waals surface area (Å²) in [5, 5.41) is 0. The lowest BCUT2D eigenvalue weighted by Gasteiger charge is -2.21. The first kappa shape index (κ1) is 13.7. The van der Waals surface area contributed by atoms with Gasteiger partial charge in [-0.15, -0.1) is 0 Å². The zero-order chi connectivity index (χ0) is 13.7. The van der Waals surface area contributed by atoms with Crippen molar-refractivity contribution in [3.63, 3.8) is 0 Å². The zero-order valence-electron chi connectivity index (χ0n) is 11.5. The molecule has 0 spiro atoms. The molecule has 3 heteroatoms. The van der Waals surface area contributed by atoms with Crippen LogP contribution in [0.15, 0.2) is 35.9 Å². The van der Waals surface area contributed by atoms with Crippen LogP contribution in [0.25, 0.3) is 0 Å². The van der Waals surface area contributed by atoms with E-state index >= 15 is 0 Å². The molecular formula is C16H20O3. The lowest BCUT2D eigenvalue weighted by atomic mass is 9.84. The molecule has 19 heavy (non-hydrogen) atoms. The Hall–Kier alpha value is -1.77. The molecule has 102 valence electrons. The van der Waals surface area contributed by atoms with Crippen LogP contribution in [0, 0.1) is 0 Å². The van der Waals surface area contributed by atoms with Gasteiger partial charge >= 0.3 is 5.97 Å². The normalized spacial score (nSPS) is 18.6. The van der Waals surface area contributed by atoms with Crippen molar-refractivity contribution in [2.45, 2.75) is 32.1 Å². The molecule has 0 N–H and O–H groups in total. The van der Waals surface area contributed by atoms with E-state index in [1.165, 1.54) is 5.56 Å². The number of carbonyl (C=O) groups is 1. The highest BCUT2D eigenvalue weighted by Crippen LogP contribution is 2.33. The quantitative estimate of drug-likeness (QED) is 0.778. The van der Waals surface area contributed by atoms with Gasteiger partial charge in [0.2, 0.25) is 0 Å². The molecule has 0 saturated carbocycles. The summed E-state index contributed by atoms with van der Waals surface area (Å²) in [5.74, 6) is 1.21. The maximum atomic E-state index is 11.6. The molecular weight excluding hydrogens is 240 g/mol. The van der Waals surface area contributed by atoms with Gasteiger partial charge in [0.1, 0.15) is 5.75 Å². The lowest BCUT2D eigenvalue weighted by Crippen LogP contribution is -2.13. The maximum Gasteiger partial charge on any atom is 0.333 e. The summed E-state index contributed by atoms with van der Waals surface area (Å²) in [6.45, 7) is 2.28. The van der Waals surface area contributed by atoms with Crippen LogP contribution >= 0.6 is 0 Å². The summed E-state index contributed by atoms with van der Waals surface area (Å²) >= 11 is 0. The highest BCUT2D eigenvalue weighted by atomic mass is 16.5. The van der Waals surface area contributed by atoms with Gasteiger partial charge in [0.25, 0.3) is 0 Å². The van der Waals surface area contributed by atoms with Crippen molar-refractivity contribution in [1.82, 2.24) is 0 Å². The molecule has 0 saturated heterocycles. The Bertz CT molecular complexity index is 459. The van der Waals surface area contributed by atoms with Crippen molar-refractivity contribution in [3.8, 4) is 5.75 Å². The van der Waals surface area contributed by atoms with Crippen molar-refractivity contribution >= 4 is 5.97 Å². The highest BCUT2D eigenvalue weighted by molar-refractivity contribution is 5.88. The largest absolute Gasteiger partial charge is 0.497 e. The molecule has 3 nitrogen and oxygen atoms in total. The molecule has 0 fully saturated rings. The van der Waals surface area contributed by atoms with Gasteiger partial charge in [-0.3, -0.25) is 0 Å². The van der Waals surface area contributed by atoms with Crippen LogP contribution in [-0.4, -0.2) is 19.7 Å². The fourth-order valence-electron chi connectivity index (χ4n) is 2.42. The fraction of sp³-hybridized carbons (Fsp3) is 0.438. The van der Waals surface area contributed by atoms with E-state index in [-0.39, 0.29) is 5.97 Å². The van der Waals surface area contributed by atoms with Crippen LogP contribution < -0.4 is 4.74 Å². The first-order valence-corrected chi connectivity index (χ1v) is 6.74. The summed E-state index contributed by atoms with van der Waals surface area (Å²) in [7, 11) is 1.67. The Morgan fingerprint density at radius 3 is 2.58 bits per heavy atom. The Kier molecular flexibility index (Phi) is 4.61. The molecule has 0 radical (unpaired) electrons. The van der Waals surface area contributed by atoms with Crippen LogP contribution in [-0.2, 0) is 9.53 Å². The van der Waals surface area contributed by atoms with E-state index in [1.54, 1.807) is 7.11 Å². The first-order chi connectivity index (χ1) is 9.24. The van der Waals surface area contributed by atoms with E-state index in [0.29, 0.717) is 12.5 Å². The molecule has 0 heterocycles. The number of hydrogen-bond donors (Lipinski definition) is 0. The Morgan fingerprint density at radius 1 is 1.32 bits per heavy atom. The fourth-order valence-corrected chi connectivity index (χ4v) is 2.42. The number of benzene rings is 1. The van der Waals surface area contributed by atoms with E-state index in [1.807, 2.05) is 25.1 Å². The summed E-state index contributed by atoms with van der Waals surface area (Å²) < 4.78 is 10.2. The van der Waals surface area contributed by atoms with Gasteiger partial charge < -0.3 is 9.47 Å². The molecule has 0 aromatic heterocycles. The van der Waals surface area contributed by atoms with E-state index in [0.717, 1.165) is 30.6 Å². The predicted molar refractivity (Wildman–Crippen MR) is 74.3 cm³/mol. The molecule has 1 atom stereocenters. The monoisotopic (exact) mass is 260 g/mol. The second kappa shape index (κ2) is 6.41. The average molecular weight is 260 g/mol. The number of rotatable bonds is 4. The minimum Gasteiger partial charge on any atom is -0.497 e. The van der Waals surface area contributed by atoms with Gasteiger partial charge in [-0.25, -0.2) is 4.79 Å². The molecule has 0 bridgehead atoms. The van der Waals surface area contributed by atoms with Crippen molar-refractivity contribution in [1.29, 1.82) is 0 Å². The van der Waals surface area contributed by atoms with Crippen molar-refractivity contribution < 1.29 is 14.3 Å². The molecule has 2 rings (SSSR count). The van der Waals surface area contributed by atoms with Crippen LogP contribution in [0.4, 0.5) is 0 Å². The first-order valence-electron chi connectivity index (χ1n) is 6.74. The number of allylic oxidation sites excluding steroid dienone is 1. The van der Waals surface area contributed by atoms with Crippen molar-refractivity contribution in [3.05, 3.63) is 41.5 Å². The predicted octanol–water partition coefficient (Wildman–Crippen LogP) is 3.45. The minimum absolute atomic E-state index is 0.157. The third-order valence-electron chi connectivity index (χ3n) is 3.54. The van der Waals surface area contributed by atoms with E-state index in [2.05, 4.69) is 12.1 Å². The van der Waals surface area contributed by atoms with Crippen molar-refractivity contribution in [2.75, 3.05) is 13.7 Å². The van der Waals surface area contributed by atoms with Gasteiger partial charge in [0.15, 0.2) is 0 Å². The molecule has 1 aliphatic rings. The van der Waals surface area contributed by atoms with E-state index < -0.39 is 0 Å². The third kappa shape index (κ3) is 3.37. The Labute approximate surface area is 114 Å². The summed E-state index contributed by atoms with van der Waals surface area (Å²) in [4.78, 5) is 11.6. The standard InChI is InChI=1S/C16H20O3/c1-3-19-16(17)14-6-4-12(5-7-14)13-8-10-15(18-2)11-9-13/h6,8-12H,3-5,7H2,1-2H3. The highest BCUT2D eigenvalue weighted by Gasteiger charge is 2.20. The Morgan fingerprint density at radius 2 is 2.05 bits per heavy atom. The number of hydrogen-bond acceptors (Lipinski definition) is 3. The maximum absolute atomic E-state index is 11.6. The average Bonchev–Trinajstić information content (AvgIpc) is 2.48. The topological polar surface area (TPSA) is 35.5 Å². The van der Waals surface area contributed by atoms with Crippen molar-refractivity contribution in [2.24, 2.45) is 0 Å². The lowest BCUT2D eigenvalue weighted by molar-refractivity contribution is -0.138. The second-order valence-corrected chi connectivity index (χ2v) is 4.69. The smallest absolute Gasteiger partial charge is 0.333 e. The third-order valence-corrected chi connectivity index (χ3v) is 3.54. The second-order valence-electron chi connectivity index (χ2n) is 4.69. The van der Waals surface area contributed by atoms with Gasteiger partial charge in [0.05, 0.1) is 13.7 Å². The minimum atomic E-state index is -0.157. The van der Waals surface area contributed by atoms with E-state index in [9.17, 15) is 4.79 Å². The van der Waals surface area contributed by atoms with Crippen LogP contribution in [0.2, 0.25) is 0 Å². The molecule has 0 amide bonds. The summed E-state index contributed by atoms with van der Waals surface area (Å²) in [6, 6.07) is 8.18. The number of ether oxygens (including phenoxy) is 2. The van der Waals surface area contributed by atoms with Gasteiger partial charge in [-0.1, -0.05) is 18.2 Å². The van der Waals surface area contributed by atoms with Gasteiger partial charge in [-0.05, 0) is 49.8 Å². The van der Waals surface area contributed by atoms with Gasteiger partial charge in [0, 0.05) is 5.57 Å². The molecule has 1 unspecified atom stereocenters. The van der Waals surface area contributed by atoms with Crippen LogP contribution in [0.1, 0.15) is 37.7 Å². The van der Waals surface area contributed by atoms with Crippen LogP contribution in [0.3, 0.4) is 0 Å². The molecule has 1 aromatic rings. The van der Waals surface area contributed by atoms with E-state index in [4.69, 9.17) is 9.47 Å². The summed E-state index contributed by atoms with van der Waals surface area (Å²) in [5.41, 5.74) is 2.13. The number of carbonyl (C=O) groups excluding carboxylic acids is 1. The molecule has 0 aliphatic heterocycles. The SMILES string of the molecule is CCOC(=O)C1=CCC(c2ccc(OC)cc2)CC1. The van der Waals surface area contributed by atoms with Gasteiger partial charge in [-0.2, -0.15) is 0 Å². The molecule has 1 aromatic carbocycles. The number of esters is 1. The van der Waals surface area contributed by atoms with Crippen LogP contribution in [0.5, 0.6) is 5.75 Å². The zero-order valence-corrected chi connectivity index (χ0v) is 11.5. The summed E-state index contributed by atoms with van der Waals surface area (Å²) in [6.07, 6.45) is 4.73. The number of methoxy groups -OCH3 is 1. The Balaban J connectivity index is 2.00. The molecule has 1 aliphatic carbocycles.